The lowest BCUT2D eigenvalue weighted by Gasteiger charge is -2.50. The van der Waals surface area contributed by atoms with E-state index in [1.165, 1.54) is 0 Å². The van der Waals surface area contributed by atoms with Crippen molar-refractivity contribution in [2.45, 2.75) is 31.0 Å². The first-order chi connectivity index (χ1) is 9.66. The minimum atomic E-state index is -0.753. The first-order valence-electron chi connectivity index (χ1n) is 6.94. The third-order valence-electron chi connectivity index (χ3n) is 4.14. The van der Waals surface area contributed by atoms with Crippen LogP contribution in [0.4, 0.5) is 0 Å². The van der Waals surface area contributed by atoms with Gasteiger partial charge in [0.1, 0.15) is 11.7 Å². The smallest absolute Gasteiger partial charge is 0.184 e. The molecule has 1 aromatic carbocycles. The van der Waals surface area contributed by atoms with Crippen molar-refractivity contribution >= 4 is 0 Å². The fourth-order valence-electron chi connectivity index (χ4n) is 2.77. The van der Waals surface area contributed by atoms with Crippen LogP contribution < -0.4 is 0 Å². The number of aliphatic hydroxyl groups is 1. The van der Waals surface area contributed by atoms with Crippen LogP contribution in [0, 0.1) is 5.92 Å². The summed E-state index contributed by atoms with van der Waals surface area (Å²) in [5.74, 6) is 0.0302. The molecular formula is C16H20O4. The highest BCUT2D eigenvalue weighted by atomic mass is 16.7. The van der Waals surface area contributed by atoms with Crippen LogP contribution in [0.1, 0.15) is 18.8 Å². The second-order valence-electron chi connectivity index (χ2n) is 5.55. The molecule has 2 aliphatic rings. The lowest BCUT2D eigenvalue weighted by atomic mass is 9.83. The highest BCUT2D eigenvalue weighted by Gasteiger charge is 2.52. The summed E-state index contributed by atoms with van der Waals surface area (Å²) >= 11 is 0. The molecule has 4 heteroatoms. The van der Waals surface area contributed by atoms with Gasteiger partial charge >= 0.3 is 0 Å². The standard InChI is InChI=1S/C16H20O4/c1-3-16-10-18-15(12-7-5-4-6-8-12)20-14(16)13(17)11(2)9-19-16/h3-8,11,13-15,17H,1,9-10H2,2H3. The lowest BCUT2D eigenvalue weighted by molar-refractivity contribution is -0.332. The molecule has 2 heterocycles. The molecule has 0 aliphatic carbocycles. The highest BCUT2D eigenvalue weighted by molar-refractivity contribution is 5.18. The summed E-state index contributed by atoms with van der Waals surface area (Å²) in [7, 11) is 0. The molecule has 5 unspecified atom stereocenters. The molecule has 0 saturated carbocycles. The highest BCUT2D eigenvalue weighted by Crippen LogP contribution is 2.40. The fraction of sp³-hybridized carbons (Fsp3) is 0.500. The molecule has 20 heavy (non-hydrogen) atoms. The van der Waals surface area contributed by atoms with E-state index in [-0.39, 0.29) is 5.92 Å². The molecule has 0 radical (unpaired) electrons. The van der Waals surface area contributed by atoms with E-state index in [0.29, 0.717) is 13.2 Å². The van der Waals surface area contributed by atoms with E-state index in [9.17, 15) is 5.11 Å². The predicted octanol–water partition coefficient (Wildman–Crippen LogP) is 2.05. The second-order valence-corrected chi connectivity index (χ2v) is 5.55. The van der Waals surface area contributed by atoms with Crippen LogP contribution in [0.2, 0.25) is 0 Å². The van der Waals surface area contributed by atoms with Crippen molar-refractivity contribution in [3.63, 3.8) is 0 Å². The van der Waals surface area contributed by atoms with Gasteiger partial charge in [-0.3, -0.25) is 0 Å². The lowest BCUT2D eigenvalue weighted by Crippen LogP contribution is -2.63. The van der Waals surface area contributed by atoms with Gasteiger partial charge in [0.25, 0.3) is 0 Å². The van der Waals surface area contributed by atoms with Crippen LogP contribution >= 0.6 is 0 Å². The number of hydrogen-bond acceptors (Lipinski definition) is 4. The van der Waals surface area contributed by atoms with Crippen molar-refractivity contribution in [2.24, 2.45) is 5.92 Å². The Hall–Kier alpha value is -1.20. The van der Waals surface area contributed by atoms with Gasteiger partial charge < -0.3 is 19.3 Å². The van der Waals surface area contributed by atoms with E-state index < -0.39 is 24.1 Å². The van der Waals surface area contributed by atoms with Crippen LogP contribution in [0.15, 0.2) is 43.0 Å². The van der Waals surface area contributed by atoms with Gasteiger partial charge in [0.15, 0.2) is 6.29 Å². The molecule has 0 amide bonds. The summed E-state index contributed by atoms with van der Waals surface area (Å²) in [5, 5.41) is 10.4. The summed E-state index contributed by atoms with van der Waals surface area (Å²) in [6.07, 6.45) is 0.172. The van der Waals surface area contributed by atoms with Crippen LogP contribution in [0.3, 0.4) is 0 Å². The minimum Gasteiger partial charge on any atom is -0.390 e. The number of aliphatic hydroxyl groups excluding tert-OH is 1. The molecule has 4 nitrogen and oxygen atoms in total. The maximum Gasteiger partial charge on any atom is 0.184 e. The average molecular weight is 276 g/mol. The van der Waals surface area contributed by atoms with Crippen LogP contribution in [0.5, 0.6) is 0 Å². The summed E-state index contributed by atoms with van der Waals surface area (Å²) in [5.41, 5.74) is 0.188. The zero-order valence-electron chi connectivity index (χ0n) is 11.6. The quantitative estimate of drug-likeness (QED) is 0.840. The molecule has 1 aromatic rings. The van der Waals surface area contributed by atoms with E-state index in [2.05, 4.69) is 6.58 Å². The van der Waals surface area contributed by atoms with Gasteiger partial charge in [-0.1, -0.05) is 43.3 Å². The molecule has 3 rings (SSSR count). The largest absolute Gasteiger partial charge is 0.390 e. The Morgan fingerprint density at radius 2 is 2.10 bits per heavy atom. The first kappa shape index (κ1) is 13.8. The van der Waals surface area contributed by atoms with Gasteiger partial charge in [-0.05, 0) is 0 Å². The van der Waals surface area contributed by atoms with Crippen molar-refractivity contribution in [2.75, 3.05) is 13.2 Å². The monoisotopic (exact) mass is 276 g/mol. The van der Waals surface area contributed by atoms with Crippen molar-refractivity contribution < 1.29 is 19.3 Å². The van der Waals surface area contributed by atoms with E-state index >= 15 is 0 Å². The molecule has 0 spiro atoms. The minimum absolute atomic E-state index is 0.0302. The Bertz CT molecular complexity index is 475. The number of hydrogen-bond donors (Lipinski definition) is 1. The number of fused-ring (bicyclic) bond motifs is 1. The molecule has 0 bridgehead atoms. The van der Waals surface area contributed by atoms with Gasteiger partial charge in [0.2, 0.25) is 0 Å². The zero-order chi connectivity index (χ0) is 14.2. The number of benzene rings is 1. The first-order valence-corrected chi connectivity index (χ1v) is 6.94. The van der Waals surface area contributed by atoms with Crippen LogP contribution in [0.25, 0.3) is 0 Å². The molecule has 1 N–H and O–H groups in total. The molecule has 0 aromatic heterocycles. The van der Waals surface area contributed by atoms with Crippen molar-refractivity contribution in [1.29, 1.82) is 0 Å². The zero-order valence-corrected chi connectivity index (χ0v) is 11.6. The van der Waals surface area contributed by atoms with Crippen LogP contribution in [-0.4, -0.2) is 36.1 Å². The summed E-state index contributed by atoms with van der Waals surface area (Å²) < 4.78 is 17.6. The number of ether oxygens (including phenoxy) is 3. The maximum atomic E-state index is 10.4. The van der Waals surface area contributed by atoms with E-state index in [1.54, 1.807) is 6.08 Å². The Balaban J connectivity index is 1.85. The van der Waals surface area contributed by atoms with Crippen LogP contribution in [-0.2, 0) is 14.2 Å². The second kappa shape index (κ2) is 5.30. The Morgan fingerprint density at radius 3 is 2.80 bits per heavy atom. The molecule has 2 aliphatic heterocycles. The molecular weight excluding hydrogens is 256 g/mol. The fourth-order valence-corrected chi connectivity index (χ4v) is 2.77. The van der Waals surface area contributed by atoms with E-state index in [0.717, 1.165) is 5.56 Å². The Morgan fingerprint density at radius 1 is 1.35 bits per heavy atom. The SMILES string of the molecule is C=CC12COC(c3ccccc3)OC1C(O)C(C)CO2. The summed E-state index contributed by atoms with van der Waals surface area (Å²) in [4.78, 5) is 0. The topological polar surface area (TPSA) is 47.9 Å². The van der Waals surface area contributed by atoms with Crippen molar-refractivity contribution in [3.8, 4) is 0 Å². The van der Waals surface area contributed by atoms with Crippen molar-refractivity contribution in [1.82, 2.24) is 0 Å². The third-order valence-corrected chi connectivity index (χ3v) is 4.14. The Kier molecular flexibility index (Phi) is 3.65. The van der Waals surface area contributed by atoms with E-state index in [1.807, 2.05) is 37.3 Å². The number of rotatable bonds is 2. The van der Waals surface area contributed by atoms with Gasteiger partial charge in [-0.15, -0.1) is 6.58 Å². The van der Waals surface area contributed by atoms with Crippen molar-refractivity contribution in [3.05, 3.63) is 48.6 Å². The molecule has 108 valence electrons. The Labute approximate surface area is 119 Å². The van der Waals surface area contributed by atoms with Gasteiger partial charge in [0, 0.05) is 11.5 Å². The van der Waals surface area contributed by atoms with E-state index in [4.69, 9.17) is 14.2 Å². The third kappa shape index (κ3) is 2.19. The molecule has 2 fully saturated rings. The average Bonchev–Trinajstić information content (AvgIpc) is 2.52. The predicted molar refractivity (Wildman–Crippen MR) is 74.1 cm³/mol. The normalized spacial score (nSPS) is 40.9. The van der Waals surface area contributed by atoms with Gasteiger partial charge in [-0.25, -0.2) is 0 Å². The maximum absolute atomic E-state index is 10.4. The summed E-state index contributed by atoms with van der Waals surface area (Å²) in [6.45, 7) is 6.59. The molecule has 2 saturated heterocycles. The van der Waals surface area contributed by atoms with Gasteiger partial charge in [-0.2, -0.15) is 0 Å². The van der Waals surface area contributed by atoms with Gasteiger partial charge in [0.05, 0.1) is 19.3 Å². The summed E-state index contributed by atoms with van der Waals surface area (Å²) in [6, 6.07) is 9.72. The molecule has 5 atom stereocenters.